The van der Waals surface area contributed by atoms with Crippen LogP contribution in [-0.2, 0) is 43.6 Å². The minimum Gasteiger partial charge on any atom is -0.0619 e. The lowest BCUT2D eigenvalue weighted by Gasteiger charge is -2.10. The van der Waals surface area contributed by atoms with Crippen molar-refractivity contribution < 1.29 is 0 Å². The van der Waals surface area contributed by atoms with Crippen LogP contribution in [0, 0.1) is 0 Å². The van der Waals surface area contributed by atoms with Crippen molar-refractivity contribution >= 4 is 43.6 Å². The van der Waals surface area contributed by atoms with Crippen molar-refractivity contribution in [2.24, 2.45) is 0 Å². The first-order chi connectivity index (χ1) is 34.8. The molecule has 0 nitrogen and oxygen atoms in total. The minimum absolute atomic E-state index is 0.122. The van der Waals surface area contributed by atoms with E-state index < -0.39 is 0 Å². The van der Waals surface area contributed by atoms with Crippen LogP contribution in [0.25, 0.3) is 11.1 Å². The highest BCUT2D eigenvalue weighted by Gasteiger charge is 2.33. The van der Waals surface area contributed by atoms with Gasteiger partial charge in [0.1, 0.15) is 0 Å². The maximum atomic E-state index is 2.32. The summed E-state index contributed by atoms with van der Waals surface area (Å²) in [5.74, 6) is 0. The third kappa shape index (κ3) is 11.3. The predicted octanol–water partition coefficient (Wildman–Crippen LogP) is 17.4. The van der Waals surface area contributed by atoms with E-state index >= 15 is 0 Å². The summed E-state index contributed by atoms with van der Waals surface area (Å²) in [6.45, 7) is 0. The number of benzene rings is 11. The summed E-state index contributed by atoms with van der Waals surface area (Å²) in [7, 11) is -0.505. The Morgan fingerprint density at radius 3 is 0.371 bits per heavy atom. The second-order valence-corrected chi connectivity index (χ2v) is 24.4. The molecule has 0 radical (unpaired) electrons. The lowest BCUT2D eigenvalue weighted by molar-refractivity contribution is 1.26. The second kappa shape index (κ2) is 23.4. The van der Waals surface area contributed by atoms with Crippen LogP contribution in [0.3, 0.4) is 0 Å². The maximum absolute atomic E-state index is 2.32. The summed E-state index contributed by atoms with van der Waals surface area (Å²) >= 11 is 0. The second-order valence-electron chi connectivity index (χ2n) is 16.2. The summed E-state index contributed by atoms with van der Waals surface area (Å²) in [6, 6.07) is 114. The van der Waals surface area contributed by atoms with Crippen molar-refractivity contribution in [2.45, 2.75) is 58.7 Å². The first-order valence-electron chi connectivity index (χ1n) is 23.4. The van der Waals surface area contributed by atoms with Crippen molar-refractivity contribution in [3.8, 4) is 11.1 Å². The molecule has 0 spiro atoms. The molecule has 11 aromatic carbocycles. The van der Waals surface area contributed by atoms with Gasteiger partial charge in [0.2, 0.25) is 0 Å². The molecule has 0 bridgehead atoms. The lowest BCUT2D eigenvalue weighted by atomic mass is 10.1. The Hall–Kier alpha value is -7.18. The summed E-state index contributed by atoms with van der Waals surface area (Å²) in [6.07, 6.45) is 0. The highest BCUT2D eigenvalue weighted by molar-refractivity contribution is 7.98. The molecule has 0 saturated carbocycles. The van der Waals surface area contributed by atoms with E-state index in [2.05, 4.69) is 315 Å². The molecule has 11 rings (SSSR count). The van der Waals surface area contributed by atoms with Gasteiger partial charge in [-0.3, -0.25) is 0 Å². The molecule has 11 aromatic rings. The van der Waals surface area contributed by atoms with Crippen LogP contribution in [-0.4, -0.2) is 0 Å². The smallest absolute Gasteiger partial charge is 0.0619 e. The molecule has 336 valence electrons. The monoisotopic (exact) mass is 972 g/mol. The van der Waals surface area contributed by atoms with E-state index in [1.807, 2.05) is 0 Å². The molecule has 0 atom stereocenters. The van der Waals surface area contributed by atoms with Gasteiger partial charge in [-0.05, 0) is 181 Å². The Labute approximate surface area is 425 Å². The van der Waals surface area contributed by atoms with Gasteiger partial charge in [-0.15, -0.1) is 0 Å². The van der Waals surface area contributed by atoms with Crippen LogP contribution in [0.5, 0.6) is 0 Å². The summed E-state index contributed by atoms with van der Waals surface area (Å²) < 4.78 is 0. The fourth-order valence-corrected chi connectivity index (χ4v) is 16.7. The van der Waals surface area contributed by atoms with Gasteiger partial charge in [0.15, 0.2) is 58.7 Å². The molecule has 0 aliphatic carbocycles. The molecule has 0 aromatic heterocycles. The van der Waals surface area contributed by atoms with Crippen LogP contribution in [0.4, 0.5) is 0 Å². The van der Waals surface area contributed by atoms with Crippen molar-refractivity contribution in [3.63, 3.8) is 0 Å². The van der Waals surface area contributed by atoms with Gasteiger partial charge in [-0.2, -0.15) is 0 Å². The molecule has 0 heterocycles. The average molecular weight is 973 g/mol. The molecular formula is C66H52S4+4. The van der Waals surface area contributed by atoms with Crippen LogP contribution in [0.15, 0.2) is 374 Å². The van der Waals surface area contributed by atoms with E-state index in [0.717, 1.165) is 0 Å². The van der Waals surface area contributed by atoms with Crippen LogP contribution in [0.2, 0.25) is 0 Å². The third-order valence-corrected chi connectivity index (χ3v) is 20.6. The Morgan fingerprint density at radius 2 is 0.229 bits per heavy atom. The van der Waals surface area contributed by atoms with E-state index in [0.29, 0.717) is 0 Å². The van der Waals surface area contributed by atoms with Crippen LogP contribution >= 0.6 is 0 Å². The van der Waals surface area contributed by atoms with E-state index in [1.165, 1.54) is 69.9 Å². The molecule has 4 heteroatoms. The van der Waals surface area contributed by atoms with Crippen molar-refractivity contribution in [1.82, 2.24) is 0 Å². The zero-order chi connectivity index (χ0) is 47.2. The average Bonchev–Trinajstić information content (AvgIpc) is 3.45. The highest BCUT2D eigenvalue weighted by Crippen LogP contribution is 2.37. The molecule has 0 aliphatic rings. The SMILES string of the molecule is c1ccc([S+](c2ccccc2)c2ccc(-c3ccc([S+](c4ccccc4)c4ccccc4)cc3)cc2)cc1.c1ccc([S+](c2ccccc2)c2ccc([S+](c3ccccc3)c3ccccc3)cc2)cc1. The number of hydrogen-bond acceptors (Lipinski definition) is 0. The molecule has 0 saturated heterocycles. The number of rotatable bonds is 13. The van der Waals surface area contributed by atoms with E-state index in [1.54, 1.807) is 0 Å². The van der Waals surface area contributed by atoms with Gasteiger partial charge in [0.25, 0.3) is 0 Å². The fourth-order valence-electron chi connectivity index (χ4n) is 8.36. The Kier molecular flexibility index (Phi) is 15.6. The van der Waals surface area contributed by atoms with E-state index in [-0.39, 0.29) is 43.6 Å². The Balaban J connectivity index is 0.000000165. The van der Waals surface area contributed by atoms with Crippen LogP contribution in [0.1, 0.15) is 0 Å². The molecule has 0 aliphatic heterocycles. The summed E-state index contributed by atoms with van der Waals surface area (Å²) in [5, 5.41) is 0. The zero-order valence-corrected chi connectivity index (χ0v) is 41.9. The highest BCUT2D eigenvalue weighted by atomic mass is 32.2. The van der Waals surface area contributed by atoms with Crippen LogP contribution < -0.4 is 0 Å². The summed E-state index contributed by atoms with van der Waals surface area (Å²) in [4.78, 5) is 16.1. The molecular weight excluding hydrogens is 921 g/mol. The van der Waals surface area contributed by atoms with Crippen molar-refractivity contribution in [2.75, 3.05) is 0 Å². The minimum atomic E-state index is -0.130. The third-order valence-electron chi connectivity index (χ3n) is 11.6. The summed E-state index contributed by atoms with van der Waals surface area (Å²) in [5.41, 5.74) is 2.48. The topological polar surface area (TPSA) is 0 Å². The van der Waals surface area contributed by atoms with Gasteiger partial charge in [-0.1, -0.05) is 146 Å². The quantitative estimate of drug-likeness (QED) is 0.101. The van der Waals surface area contributed by atoms with Gasteiger partial charge in [0.05, 0.1) is 43.6 Å². The Morgan fingerprint density at radius 1 is 0.114 bits per heavy atom. The molecule has 70 heavy (non-hydrogen) atoms. The zero-order valence-electron chi connectivity index (χ0n) is 38.7. The first-order valence-corrected chi connectivity index (χ1v) is 28.3. The normalized spacial score (nSPS) is 11.1. The van der Waals surface area contributed by atoms with Crippen molar-refractivity contribution in [1.29, 1.82) is 0 Å². The largest absolute Gasteiger partial charge is 0.166 e. The standard InChI is InChI=1S/C36H28S2.C30H24S2/c1-5-13-31(14-6-1)37(32-15-7-2-8-16-32)35-25-21-29(22-26-35)30-23-27-36(28-24-30)38(33-17-9-3-10-18-33)34-19-11-4-12-20-34;1-5-13-25(14-6-1)31(26-15-7-2-8-16-26)29-21-23-30(24-22-29)32(27-17-9-3-10-18-27)28-19-11-4-12-20-28/h1-28H;1-24H/q2*+2. The van der Waals surface area contributed by atoms with Gasteiger partial charge in [0, 0.05) is 0 Å². The lowest BCUT2D eigenvalue weighted by Crippen LogP contribution is -2.07. The fraction of sp³-hybridized carbons (Fsp3) is 0. The molecule has 0 fully saturated rings. The molecule has 0 N–H and O–H groups in total. The van der Waals surface area contributed by atoms with E-state index in [4.69, 9.17) is 0 Å². The van der Waals surface area contributed by atoms with E-state index in [9.17, 15) is 0 Å². The number of hydrogen-bond donors (Lipinski definition) is 0. The maximum Gasteiger partial charge on any atom is 0.166 e. The first kappa shape index (κ1) is 46.5. The Bertz CT molecular complexity index is 2870. The predicted molar refractivity (Wildman–Crippen MR) is 299 cm³/mol. The van der Waals surface area contributed by atoms with Crippen molar-refractivity contribution in [3.05, 3.63) is 315 Å². The molecule has 0 unspecified atom stereocenters. The molecule has 0 amide bonds. The van der Waals surface area contributed by atoms with Gasteiger partial charge < -0.3 is 0 Å². The van der Waals surface area contributed by atoms with Gasteiger partial charge in [-0.25, -0.2) is 0 Å². The van der Waals surface area contributed by atoms with Gasteiger partial charge >= 0.3 is 0 Å².